The van der Waals surface area contributed by atoms with E-state index in [0.29, 0.717) is 16.7 Å². The molecule has 1 atom stereocenters. The van der Waals surface area contributed by atoms with Crippen LogP contribution in [0.1, 0.15) is 21.6 Å². The molecule has 8 nitrogen and oxygen atoms in total. The van der Waals surface area contributed by atoms with Crippen molar-refractivity contribution in [3.63, 3.8) is 0 Å². The second-order valence-electron chi connectivity index (χ2n) is 7.46. The number of hydrogen-bond donors (Lipinski definition) is 1. The van der Waals surface area contributed by atoms with Crippen LogP contribution in [0.4, 0.5) is 8.78 Å². The van der Waals surface area contributed by atoms with Gasteiger partial charge in [0.15, 0.2) is 11.5 Å². The van der Waals surface area contributed by atoms with Gasteiger partial charge in [-0.25, -0.2) is 19.2 Å². The van der Waals surface area contributed by atoms with Crippen LogP contribution >= 0.6 is 0 Å². The average Bonchev–Trinajstić information content (AvgIpc) is 3.34. The summed E-state index contributed by atoms with van der Waals surface area (Å²) in [5.41, 5.74) is 5.84. The first-order valence-corrected chi connectivity index (χ1v) is 10.0. The lowest BCUT2D eigenvalue weighted by molar-refractivity contribution is -0.129. The number of hydrogen-bond acceptors (Lipinski definition) is 6. The largest absolute Gasteiger partial charge is 0.464 e. The van der Waals surface area contributed by atoms with Crippen LogP contribution in [0, 0.1) is 5.95 Å². The lowest BCUT2D eigenvalue weighted by Gasteiger charge is -2.25. The number of halogens is 2. The molecule has 0 bridgehead atoms. The van der Waals surface area contributed by atoms with Crippen molar-refractivity contribution in [2.75, 3.05) is 20.8 Å². The van der Waals surface area contributed by atoms with Crippen molar-refractivity contribution >= 4 is 17.8 Å². The van der Waals surface area contributed by atoms with Crippen LogP contribution in [0.15, 0.2) is 59.9 Å². The predicted molar refractivity (Wildman–Crippen MR) is 117 cm³/mol. The molecule has 1 aliphatic rings. The van der Waals surface area contributed by atoms with E-state index in [2.05, 4.69) is 9.98 Å². The Morgan fingerprint density at radius 1 is 1.21 bits per heavy atom. The van der Waals surface area contributed by atoms with Crippen LogP contribution in [0.25, 0.3) is 11.1 Å². The summed E-state index contributed by atoms with van der Waals surface area (Å²) >= 11 is 0. The Morgan fingerprint density at radius 3 is 2.64 bits per heavy atom. The molecular formula is C23H21F2N5O3. The molecule has 33 heavy (non-hydrogen) atoms. The Bertz CT molecular complexity index is 1270. The predicted octanol–water partition coefficient (Wildman–Crippen LogP) is 2.48. The fraction of sp³-hybridized carbons (Fsp3) is 0.217. The fourth-order valence-electron chi connectivity index (χ4n) is 3.96. The van der Waals surface area contributed by atoms with E-state index in [9.17, 15) is 18.4 Å². The van der Waals surface area contributed by atoms with Gasteiger partial charge in [0.1, 0.15) is 12.4 Å². The topological polar surface area (TPSA) is 103 Å². The van der Waals surface area contributed by atoms with Gasteiger partial charge in [0.2, 0.25) is 5.95 Å². The third-order valence-electron chi connectivity index (χ3n) is 5.62. The molecule has 2 N–H and O–H groups in total. The van der Waals surface area contributed by atoms with E-state index in [1.54, 1.807) is 36.4 Å². The van der Waals surface area contributed by atoms with E-state index in [1.165, 1.54) is 42.1 Å². The highest BCUT2D eigenvalue weighted by Gasteiger charge is 2.50. The zero-order chi connectivity index (χ0) is 23.8. The zero-order valence-electron chi connectivity index (χ0n) is 18.0. The Balaban J connectivity index is 1.96. The minimum Gasteiger partial charge on any atom is -0.464 e. The summed E-state index contributed by atoms with van der Waals surface area (Å²) in [7, 11) is 2.69. The molecule has 3 aromatic rings. The molecule has 3 heterocycles. The molecule has 0 spiro atoms. The van der Waals surface area contributed by atoms with E-state index in [-0.39, 0.29) is 23.8 Å². The van der Waals surface area contributed by atoms with E-state index >= 15 is 0 Å². The summed E-state index contributed by atoms with van der Waals surface area (Å²) in [6.45, 7) is -0.856. The number of rotatable bonds is 6. The van der Waals surface area contributed by atoms with Gasteiger partial charge in [0.05, 0.1) is 13.7 Å². The van der Waals surface area contributed by atoms with Crippen LogP contribution < -0.4 is 5.73 Å². The number of esters is 1. The fourth-order valence-corrected chi connectivity index (χ4v) is 3.96. The Kier molecular flexibility index (Phi) is 5.67. The van der Waals surface area contributed by atoms with Gasteiger partial charge in [-0.3, -0.25) is 9.69 Å². The van der Waals surface area contributed by atoms with Crippen molar-refractivity contribution in [3.05, 3.63) is 77.6 Å². The smallest absolute Gasteiger partial charge is 0.354 e. The van der Waals surface area contributed by atoms with Crippen LogP contribution in [0.2, 0.25) is 0 Å². The van der Waals surface area contributed by atoms with Crippen molar-refractivity contribution in [3.8, 4) is 11.1 Å². The van der Waals surface area contributed by atoms with Crippen LogP contribution in [-0.4, -0.2) is 53.1 Å². The van der Waals surface area contributed by atoms with Crippen LogP contribution in [0.3, 0.4) is 0 Å². The molecular weight excluding hydrogens is 432 g/mol. The standard InChI is InChI=1S/C23H21F2N5O3/c1-29-21(32)23(28-22(29)26,16-12-18(20(31)33-2)30(13-16)10-8-24)15-6-3-5-14(11-15)17-7-4-9-27-19(17)25/h3-7,9,11-13H,8,10H2,1-2H3,(H2,26,28). The lowest BCUT2D eigenvalue weighted by atomic mass is 9.83. The molecule has 0 fully saturated rings. The molecule has 1 aromatic carbocycles. The number of carbonyl (C=O) groups excluding carboxylic acids is 2. The number of alkyl halides is 1. The molecule has 10 heteroatoms. The van der Waals surface area contributed by atoms with Gasteiger partial charge in [-0.15, -0.1) is 0 Å². The monoisotopic (exact) mass is 453 g/mol. The first kappa shape index (κ1) is 22.1. The summed E-state index contributed by atoms with van der Waals surface area (Å²) < 4.78 is 33.7. The second-order valence-corrected chi connectivity index (χ2v) is 7.46. The number of nitrogens with zero attached hydrogens (tertiary/aromatic N) is 4. The van der Waals surface area contributed by atoms with Gasteiger partial charge in [-0.2, -0.15) is 4.39 Å². The van der Waals surface area contributed by atoms with Crippen LogP contribution in [-0.2, 0) is 21.6 Å². The highest BCUT2D eigenvalue weighted by molar-refractivity contribution is 6.09. The number of aliphatic imine (C=N–C) groups is 1. The van der Waals surface area contributed by atoms with Gasteiger partial charge in [-0.1, -0.05) is 18.2 Å². The number of aromatic nitrogens is 2. The summed E-state index contributed by atoms with van der Waals surface area (Å²) in [6, 6.07) is 11.2. The molecule has 170 valence electrons. The first-order valence-electron chi connectivity index (χ1n) is 10.0. The molecule has 4 rings (SSSR count). The van der Waals surface area contributed by atoms with E-state index < -0.39 is 30.0 Å². The molecule has 1 unspecified atom stereocenters. The summed E-state index contributed by atoms with van der Waals surface area (Å²) in [5, 5.41) is 0. The minimum atomic E-state index is -1.65. The maximum atomic E-state index is 14.3. The minimum absolute atomic E-state index is 0.0316. The number of amides is 1. The Labute approximate surface area is 188 Å². The third kappa shape index (κ3) is 3.53. The number of pyridine rings is 1. The maximum absolute atomic E-state index is 14.3. The molecule has 2 aromatic heterocycles. The Hall–Kier alpha value is -4.08. The zero-order valence-corrected chi connectivity index (χ0v) is 18.0. The number of aryl methyl sites for hydroxylation is 1. The first-order chi connectivity index (χ1) is 15.8. The van der Waals surface area contributed by atoms with E-state index in [4.69, 9.17) is 10.5 Å². The quantitative estimate of drug-likeness (QED) is 0.456. The van der Waals surface area contributed by atoms with E-state index in [0.717, 1.165) is 0 Å². The molecule has 0 aliphatic carbocycles. The van der Waals surface area contributed by atoms with Crippen molar-refractivity contribution in [2.24, 2.45) is 10.7 Å². The van der Waals surface area contributed by atoms with Crippen molar-refractivity contribution in [2.45, 2.75) is 12.1 Å². The average molecular weight is 453 g/mol. The third-order valence-corrected chi connectivity index (χ3v) is 5.62. The number of benzene rings is 1. The van der Waals surface area contributed by atoms with Gasteiger partial charge < -0.3 is 15.0 Å². The number of guanidine groups is 1. The molecule has 0 saturated heterocycles. The summed E-state index contributed by atoms with van der Waals surface area (Å²) in [6.07, 6.45) is 2.82. The number of carbonyl (C=O) groups is 2. The van der Waals surface area contributed by atoms with Crippen molar-refractivity contribution < 1.29 is 23.1 Å². The van der Waals surface area contributed by atoms with Crippen LogP contribution in [0.5, 0.6) is 0 Å². The summed E-state index contributed by atoms with van der Waals surface area (Å²) in [5.74, 6) is -1.86. The number of nitrogens with two attached hydrogens (primary N) is 1. The Morgan fingerprint density at radius 2 is 2.00 bits per heavy atom. The molecule has 0 radical (unpaired) electrons. The van der Waals surface area contributed by atoms with E-state index in [1.807, 2.05) is 0 Å². The second kappa shape index (κ2) is 8.45. The van der Waals surface area contributed by atoms with Crippen molar-refractivity contribution in [1.29, 1.82) is 0 Å². The van der Waals surface area contributed by atoms with Gasteiger partial charge in [0.25, 0.3) is 5.91 Å². The van der Waals surface area contributed by atoms with Gasteiger partial charge in [-0.05, 0) is 35.4 Å². The van der Waals surface area contributed by atoms with Crippen molar-refractivity contribution in [1.82, 2.24) is 14.5 Å². The lowest BCUT2D eigenvalue weighted by Crippen LogP contribution is -2.41. The molecule has 1 amide bonds. The number of ether oxygens (including phenoxy) is 1. The highest BCUT2D eigenvalue weighted by atomic mass is 19.1. The molecule has 0 saturated carbocycles. The number of methoxy groups -OCH3 is 1. The SMILES string of the molecule is COC(=O)c1cc(C2(c3cccc(-c4cccnc4F)c3)N=C(N)N(C)C2=O)cn1CCF. The molecule has 1 aliphatic heterocycles. The number of likely N-dealkylation sites (N-methyl/N-ethyl adjacent to an activating group) is 1. The summed E-state index contributed by atoms with van der Waals surface area (Å²) in [4.78, 5) is 35.2. The maximum Gasteiger partial charge on any atom is 0.354 e. The van der Waals surface area contributed by atoms with Gasteiger partial charge >= 0.3 is 5.97 Å². The van der Waals surface area contributed by atoms with Gasteiger partial charge in [0, 0.05) is 30.6 Å². The normalized spacial score (nSPS) is 17.9. The highest BCUT2D eigenvalue weighted by Crippen LogP contribution is 2.41.